The van der Waals surface area contributed by atoms with Crippen molar-refractivity contribution in [1.29, 1.82) is 0 Å². The first-order valence-electron chi connectivity index (χ1n) is 5.00. The van der Waals surface area contributed by atoms with Gasteiger partial charge in [-0.1, -0.05) is 0 Å². The molecule has 0 bridgehead atoms. The Bertz CT molecular complexity index is 423. The van der Waals surface area contributed by atoms with Crippen LogP contribution in [0.1, 0.15) is 6.92 Å². The van der Waals surface area contributed by atoms with Crippen LogP contribution in [-0.2, 0) is 16.3 Å². The molecule has 7 heteroatoms. The highest BCUT2D eigenvalue weighted by Crippen LogP contribution is 2.06. The summed E-state index contributed by atoms with van der Waals surface area (Å²) in [6, 6.07) is 3.34. The van der Waals surface area contributed by atoms with E-state index in [9.17, 15) is 9.59 Å². The van der Waals surface area contributed by atoms with E-state index in [1.807, 2.05) is 0 Å². The molecule has 0 saturated carbocycles. The molecule has 1 rings (SSSR count). The summed E-state index contributed by atoms with van der Waals surface area (Å²) < 4.78 is 11.5. The number of rotatable bonds is 3. The van der Waals surface area contributed by atoms with Crippen LogP contribution < -0.4 is 21.7 Å². The summed E-state index contributed by atoms with van der Waals surface area (Å²) in [7, 11) is 3.19. The normalized spacial score (nSPS) is 9.06. The first kappa shape index (κ1) is 16.2. The summed E-state index contributed by atoms with van der Waals surface area (Å²) in [6.45, 7) is 1.42. The Labute approximate surface area is 112 Å². The maximum atomic E-state index is 11.3. The second kappa shape index (κ2) is 7.50. The molecule has 100 valence electrons. The minimum absolute atomic E-state index is 0. The van der Waals surface area contributed by atoms with Crippen LogP contribution >= 0.6 is 0 Å². The number of ether oxygens (including phenoxy) is 2. The lowest BCUT2D eigenvalue weighted by molar-refractivity contribution is -0.727. The summed E-state index contributed by atoms with van der Waals surface area (Å²) in [5.41, 5.74) is 0. The van der Waals surface area contributed by atoms with Gasteiger partial charge in [-0.25, -0.2) is 4.79 Å². The van der Waals surface area contributed by atoms with E-state index in [0.29, 0.717) is 5.75 Å². The first-order chi connectivity index (χ1) is 7.99. The third kappa shape index (κ3) is 5.49. The Morgan fingerprint density at radius 1 is 1.39 bits per heavy atom. The largest absolute Gasteiger partial charge is 1.00 e. The average molecular weight is 275 g/mol. The van der Waals surface area contributed by atoms with Crippen LogP contribution in [0.3, 0.4) is 0 Å². The zero-order valence-electron chi connectivity index (χ0n) is 10.4. The molecule has 18 heavy (non-hydrogen) atoms. The molecule has 0 spiro atoms. The van der Waals surface area contributed by atoms with Gasteiger partial charge in [0.1, 0.15) is 0 Å². The van der Waals surface area contributed by atoms with E-state index in [2.05, 4.69) is 0 Å². The van der Waals surface area contributed by atoms with E-state index < -0.39 is 6.09 Å². The first-order valence-corrected chi connectivity index (χ1v) is 5.00. The van der Waals surface area contributed by atoms with E-state index >= 15 is 0 Å². The van der Waals surface area contributed by atoms with Crippen LogP contribution in [0, 0.1) is 0 Å². The molecule has 0 fully saturated rings. The second-order valence-corrected chi connectivity index (χ2v) is 3.58. The number of esters is 1. The van der Waals surface area contributed by atoms with Gasteiger partial charge in [-0.15, -0.1) is 0 Å². The van der Waals surface area contributed by atoms with Crippen molar-refractivity contribution in [3.05, 3.63) is 24.5 Å². The smallest absolute Gasteiger partial charge is 0.414 e. The second-order valence-electron chi connectivity index (χ2n) is 3.58. The molecule has 0 aromatic carbocycles. The predicted molar refractivity (Wildman–Crippen MR) is 58.1 cm³/mol. The topological polar surface area (TPSA) is 59.7 Å². The summed E-state index contributed by atoms with van der Waals surface area (Å²) in [5.74, 6) is 0.0199. The Morgan fingerprint density at radius 2 is 2.06 bits per heavy atom. The molecule has 0 aliphatic heterocycles. The summed E-state index contributed by atoms with van der Waals surface area (Å²) >= 11 is 0. The zero-order chi connectivity index (χ0) is 12.8. The van der Waals surface area contributed by atoms with Gasteiger partial charge in [0.05, 0.1) is 0 Å². The van der Waals surface area contributed by atoms with Crippen molar-refractivity contribution >= 4 is 12.1 Å². The highest BCUT2D eigenvalue weighted by molar-refractivity contribution is 5.69. The molecular formula is C11H15ClN2O4. The van der Waals surface area contributed by atoms with Gasteiger partial charge in [0.2, 0.25) is 6.20 Å². The number of aromatic nitrogens is 1. The van der Waals surface area contributed by atoms with Gasteiger partial charge in [-0.05, 0) is 6.07 Å². The summed E-state index contributed by atoms with van der Waals surface area (Å²) in [6.07, 6.45) is 2.82. The van der Waals surface area contributed by atoms with Crippen LogP contribution in [-0.4, -0.2) is 31.1 Å². The number of nitrogens with zero attached hydrogens (tertiary/aromatic N) is 2. The lowest BCUT2D eigenvalue weighted by Gasteiger charge is -2.09. The van der Waals surface area contributed by atoms with Crippen LogP contribution in [0.25, 0.3) is 0 Å². The highest BCUT2D eigenvalue weighted by atomic mass is 35.5. The van der Waals surface area contributed by atoms with Crippen LogP contribution in [0.5, 0.6) is 5.75 Å². The Hall–Kier alpha value is -1.82. The Morgan fingerprint density at radius 3 is 2.61 bits per heavy atom. The molecule has 1 aromatic heterocycles. The molecule has 0 radical (unpaired) electrons. The fraction of sp³-hybridized carbons (Fsp3) is 0.364. The average Bonchev–Trinajstić information content (AvgIpc) is 2.26. The highest BCUT2D eigenvalue weighted by Gasteiger charge is 2.10. The maximum Gasteiger partial charge on any atom is 0.414 e. The van der Waals surface area contributed by atoms with Crippen molar-refractivity contribution in [2.45, 2.75) is 13.7 Å². The molecule has 1 amide bonds. The molecule has 0 unspecified atom stereocenters. The van der Waals surface area contributed by atoms with Crippen LogP contribution in [0.2, 0.25) is 0 Å². The Balaban J connectivity index is 0.00000289. The quantitative estimate of drug-likeness (QED) is 0.454. The number of hydrogen-bond acceptors (Lipinski definition) is 4. The minimum atomic E-state index is -0.463. The van der Waals surface area contributed by atoms with E-state index in [1.165, 1.54) is 11.8 Å². The molecule has 6 nitrogen and oxygen atoms in total. The SMILES string of the molecule is CC(=O)OC[n+]1cccc(OC(=O)N(C)C)c1.[Cl-]. The van der Waals surface area contributed by atoms with Crippen LogP contribution in [0.4, 0.5) is 4.79 Å². The number of carbonyl (C=O) groups is 2. The lowest BCUT2D eigenvalue weighted by atomic mass is 10.4. The molecule has 0 saturated heterocycles. The molecule has 0 atom stereocenters. The molecule has 0 aliphatic rings. The van der Waals surface area contributed by atoms with E-state index in [0.717, 1.165) is 0 Å². The molecular weight excluding hydrogens is 260 g/mol. The standard InChI is InChI=1S/C11H15N2O4.ClH/c1-9(14)16-8-13-6-4-5-10(7-13)17-11(15)12(2)3;/h4-7H,8H2,1-3H3;1H/q+1;/p-1. The number of hydrogen-bond donors (Lipinski definition) is 0. The van der Waals surface area contributed by atoms with Gasteiger partial charge in [0, 0.05) is 27.1 Å². The fourth-order valence-electron chi connectivity index (χ4n) is 0.996. The van der Waals surface area contributed by atoms with E-state index in [-0.39, 0.29) is 25.1 Å². The fourth-order valence-corrected chi connectivity index (χ4v) is 0.996. The van der Waals surface area contributed by atoms with E-state index in [1.54, 1.807) is 43.2 Å². The maximum absolute atomic E-state index is 11.3. The molecule has 1 heterocycles. The van der Waals surface area contributed by atoms with Crippen molar-refractivity contribution in [2.24, 2.45) is 0 Å². The lowest BCUT2D eigenvalue weighted by Crippen LogP contribution is -3.00. The molecule has 0 aliphatic carbocycles. The van der Waals surface area contributed by atoms with Gasteiger partial charge in [-0.3, -0.25) is 4.79 Å². The van der Waals surface area contributed by atoms with E-state index in [4.69, 9.17) is 9.47 Å². The molecule has 1 aromatic rings. The van der Waals surface area contributed by atoms with Crippen molar-refractivity contribution in [2.75, 3.05) is 14.1 Å². The minimum Gasteiger partial charge on any atom is -1.00 e. The number of amides is 1. The third-order valence-electron chi connectivity index (χ3n) is 1.82. The third-order valence-corrected chi connectivity index (χ3v) is 1.82. The van der Waals surface area contributed by atoms with Crippen molar-refractivity contribution < 1.29 is 36.0 Å². The zero-order valence-corrected chi connectivity index (χ0v) is 11.2. The number of halogens is 1. The number of pyridine rings is 1. The van der Waals surface area contributed by atoms with Gasteiger partial charge in [0.15, 0.2) is 11.9 Å². The van der Waals surface area contributed by atoms with Crippen molar-refractivity contribution in [3.8, 4) is 5.75 Å². The van der Waals surface area contributed by atoms with Gasteiger partial charge in [0.25, 0.3) is 6.73 Å². The van der Waals surface area contributed by atoms with Crippen LogP contribution in [0.15, 0.2) is 24.5 Å². The Kier molecular flexibility index (Phi) is 6.74. The monoisotopic (exact) mass is 274 g/mol. The summed E-state index contributed by atoms with van der Waals surface area (Å²) in [4.78, 5) is 23.3. The van der Waals surface area contributed by atoms with Gasteiger partial charge in [-0.2, -0.15) is 4.57 Å². The van der Waals surface area contributed by atoms with Gasteiger partial charge < -0.3 is 26.8 Å². The predicted octanol–water partition coefficient (Wildman–Crippen LogP) is -2.44. The summed E-state index contributed by atoms with van der Waals surface area (Å²) in [5, 5.41) is 0. The van der Waals surface area contributed by atoms with Gasteiger partial charge >= 0.3 is 12.1 Å². The molecule has 0 N–H and O–H groups in total. The van der Waals surface area contributed by atoms with Crippen molar-refractivity contribution in [3.63, 3.8) is 0 Å². The number of carbonyl (C=O) groups excluding carboxylic acids is 2. The van der Waals surface area contributed by atoms with Crippen molar-refractivity contribution in [1.82, 2.24) is 4.90 Å².